The molecule has 0 radical (unpaired) electrons. The highest BCUT2D eigenvalue weighted by atomic mass is 127. The lowest BCUT2D eigenvalue weighted by atomic mass is 10.2. The van der Waals surface area contributed by atoms with Gasteiger partial charge in [-0.15, -0.1) is 0 Å². The number of halogens is 1. The number of phenolic OH excluding ortho intramolecular Hbond substituents is 1. The van der Waals surface area contributed by atoms with Crippen LogP contribution in [0.15, 0.2) is 18.2 Å². The SMILES string of the molecule is O=Cc1cc([IH+])ccc1O. The Balaban J connectivity index is 3.21. The zero-order chi connectivity index (χ0) is 7.56. The normalized spacial score (nSPS) is 9.30. The van der Waals surface area contributed by atoms with Gasteiger partial charge < -0.3 is 5.11 Å². The molecule has 1 aromatic rings. The molecule has 3 heteroatoms. The van der Waals surface area contributed by atoms with Gasteiger partial charge in [0.15, 0.2) is 9.86 Å². The first kappa shape index (κ1) is 7.53. The summed E-state index contributed by atoms with van der Waals surface area (Å²) in [5, 5.41) is 9.00. The lowest BCUT2D eigenvalue weighted by Crippen LogP contribution is -3.34. The average molecular weight is 249 g/mol. The molecule has 0 saturated heterocycles. The summed E-state index contributed by atoms with van der Waals surface area (Å²) >= 11 is 1.80. The van der Waals surface area contributed by atoms with E-state index in [1.54, 1.807) is 34.7 Å². The van der Waals surface area contributed by atoms with Gasteiger partial charge >= 0.3 is 0 Å². The van der Waals surface area contributed by atoms with Crippen LogP contribution in [-0.2, 0) is 0 Å². The third kappa shape index (κ3) is 1.47. The van der Waals surface area contributed by atoms with Gasteiger partial charge in [0.25, 0.3) is 22.6 Å². The van der Waals surface area contributed by atoms with Gasteiger partial charge in [-0.05, 0) is 12.1 Å². The Morgan fingerprint density at radius 2 is 2.20 bits per heavy atom. The first-order valence-corrected chi connectivity index (χ1v) is 3.86. The second-order valence-electron chi connectivity index (χ2n) is 1.84. The number of hydrogen-bond acceptors (Lipinski definition) is 2. The van der Waals surface area contributed by atoms with Crippen molar-refractivity contribution in [2.75, 3.05) is 0 Å². The average Bonchev–Trinajstić information content (AvgIpc) is 1.94. The van der Waals surface area contributed by atoms with Gasteiger partial charge in [0, 0.05) is 6.07 Å². The van der Waals surface area contributed by atoms with E-state index in [1.165, 1.54) is 6.07 Å². The molecule has 0 amide bonds. The first-order valence-electron chi connectivity index (χ1n) is 2.69. The van der Waals surface area contributed by atoms with E-state index in [9.17, 15) is 4.79 Å². The predicted octanol–water partition coefficient (Wildman–Crippen LogP) is -2.34. The van der Waals surface area contributed by atoms with Gasteiger partial charge in [0.2, 0.25) is 0 Å². The molecule has 0 aromatic heterocycles. The number of aldehydes is 1. The third-order valence-electron chi connectivity index (χ3n) is 1.13. The van der Waals surface area contributed by atoms with E-state index in [4.69, 9.17) is 5.11 Å². The molecule has 0 aliphatic carbocycles. The number of carbonyl (C=O) groups excluding carboxylic acids is 1. The maximum Gasteiger partial charge on any atom is 0.296 e. The fraction of sp³-hybridized carbons (Fsp3) is 0. The lowest BCUT2D eigenvalue weighted by Gasteiger charge is -1.91. The number of rotatable bonds is 1. The fourth-order valence-corrected chi connectivity index (χ4v) is 1.18. The van der Waals surface area contributed by atoms with Crippen LogP contribution in [0.25, 0.3) is 0 Å². The monoisotopic (exact) mass is 249 g/mol. The van der Waals surface area contributed by atoms with Crippen LogP contribution in [0.5, 0.6) is 5.75 Å². The Bertz CT molecular complexity index is 258. The van der Waals surface area contributed by atoms with Crippen LogP contribution >= 0.6 is 0 Å². The molecule has 0 aliphatic heterocycles. The van der Waals surface area contributed by atoms with Gasteiger partial charge in [-0.3, -0.25) is 4.79 Å². The maximum atomic E-state index is 10.2. The molecule has 0 unspecified atom stereocenters. The molecule has 1 rings (SSSR count). The van der Waals surface area contributed by atoms with Gasteiger partial charge in [-0.2, -0.15) is 0 Å². The van der Waals surface area contributed by atoms with E-state index in [2.05, 4.69) is 0 Å². The van der Waals surface area contributed by atoms with Crippen LogP contribution in [-0.4, -0.2) is 11.4 Å². The molecule has 0 bridgehead atoms. The minimum absolute atomic E-state index is 0.0438. The maximum absolute atomic E-state index is 10.2. The molecule has 1 N–H and O–H groups in total. The molecule has 1 aromatic carbocycles. The Kier molecular flexibility index (Phi) is 2.26. The van der Waals surface area contributed by atoms with Crippen LogP contribution in [0.2, 0.25) is 0 Å². The van der Waals surface area contributed by atoms with Crippen molar-refractivity contribution in [3.05, 3.63) is 27.3 Å². The lowest BCUT2D eigenvalue weighted by molar-refractivity contribution is -0.328. The zero-order valence-corrected chi connectivity index (χ0v) is 7.40. The van der Waals surface area contributed by atoms with E-state index >= 15 is 0 Å². The Morgan fingerprint density at radius 1 is 1.50 bits per heavy atom. The molecular weight excluding hydrogens is 243 g/mol. The van der Waals surface area contributed by atoms with Crippen LogP contribution in [0, 0.1) is 3.57 Å². The van der Waals surface area contributed by atoms with Crippen LogP contribution in [0.3, 0.4) is 0 Å². The van der Waals surface area contributed by atoms with Crippen molar-refractivity contribution >= 4 is 6.29 Å². The van der Waals surface area contributed by atoms with Crippen LogP contribution in [0.4, 0.5) is 0 Å². The largest absolute Gasteiger partial charge is 0.507 e. The standard InChI is InChI=1S/C7H5IO2/c8-6-1-2-7(10)5(3-6)4-9/h1-4,8H/p+1. The summed E-state index contributed by atoms with van der Waals surface area (Å²) in [6, 6.07) is 4.92. The van der Waals surface area contributed by atoms with E-state index < -0.39 is 0 Å². The summed E-state index contributed by atoms with van der Waals surface area (Å²) in [6.45, 7) is 0. The van der Waals surface area contributed by atoms with E-state index in [-0.39, 0.29) is 5.75 Å². The highest BCUT2D eigenvalue weighted by Crippen LogP contribution is 2.11. The number of benzene rings is 1. The number of carbonyl (C=O) groups is 1. The van der Waals surface area contributed by atoms with Crippen molar-refractivity contribution in [3.8, 4) is 5.75 Å². The van der Waals surface area contributed by atoms with Crippen LogP contribution in [0.1, 0.15) is 10.4 Å². The van der Waals surface area contributed by atoms with Crippen molar-refractivity contribution in [2.24, 2.45) is 0 Å². The highest BCUT2D eigenvalue weighted by Gasteiger charge is 2.02. The minimum Gasteiger partial charge on any atom is -0.507 e. The summed E-state index contributed by atoms with van der Waals surface area (Å²) in [6.07, 6.45) is 0.643. The third-order valence-corrected chi connectivity index (χ3v) is 1.85. The summed E-state index contributed by atoms with van der Waals surface area (Å²) in [5.41, 5.74) is 0.350. The number of hydrogen-bond donors (Lipinski definition) is 1. The van der Waals surface area contributed by atoms with Crippen molar-refractivity contribution in [2.45, 2.75) is 0 Å². The molecule has 0 aliphatic rings. The molecule has 0 fully saturated rings. The zero-order valence-electron chi connectivity index (χ0n) is 5.07. The number of aromatic hydroxyl groups is 1. The van der Waals surface area contributed by atoms with Crippen LogP contribution < -0.4 is 22.6 Å². The highest BCUT2D eigenvalue weighted by molar-refractivity contribution is 5.78. The van der Waals surface area contributed by atoms with E-state index in [1.807, 2.05) is 0 Å². The smallest absolute Gasteiger partial charge is 0.296 e. The molecular formula is C7H6IO2+. The Morgan fingerprint density at radius 3 is 2.70 bits per heavy atom. The summed E-state index contributed by atoms with van der Waals surface area (Å²) in [7, 11) is 0. The van der Waals surface area contributed by atoms with Crippen molar-refractivity contribution in [1.29, 1.82) is 0 Å². The summed E-state index contributed by atoms with van der Waals surface area (Å²) < 4.78 is 0.982. The molecule has 0 saturated carbocycles. The van der Waals surface area contributed by atoms with E-state index in [0.717, 1.165) is 3.57 Å². The molecule has 0 spiro atoms. The molecule has 0 atom stereocenters. The van der Waals surface area contributed by atoms with Gasteiger partial charge in [-0.1, -0.05) is 0 Å². The van der Waals surface area contributed by atoms with Crippen molar-refractivity contribution in [1.82, 2.24) is 0 Å². The topological polar surface area (TPSA) is 37.3 Å². The van der Waals surface area contributed by atoms with Gasteiger partial charge in [-0.25, -0.2) is 0 Å². The second kappa shape index (κ2) is 3.01. The molecule has 0 heterocycles. The fourth-order valence-electron chi connectivity index (χ4n) is 0.627. The molecule has 52 valence electrons. The Labute approximate surface area is 72.0 Å². The first-order chi connectivity index (χ1) is 4.74. The minimum atomic E-state index is 0.0438. The Hall–Kier alpha value is -0.580. The summed E-state index contributed by atoms with van der Waals surface area (Å²) in [4.78, 5) is 10.2. The van der Waals surface area contributed by atoms with E-state index in [0.29, 0.717) is 11.8 Å². The molecule has 2 nitrogen and oxygen atoms in total. The number of phenols is 1. The van der Waals surface area contributed by atoms with Gasteiger partial charge in [0.05, 0.1) is 5.56 Å². The van der Waals surface area contributed by atoms with Gasteiger partial charge in [0.1, 0.15) is 5.75 Å². The summed E-state index contributed by atoms with van der Waals surface area (Å²) in [5.74, 6) is 0.0438. The van der Waals surface area contributed by atoms with Crippen molar-refractivity contribution in [3.63, 3.8) is 0 Å². The quantitative estimate of drug-likeness (QED) is 0.447. The molecule has 10 heavy (non-hydrogen) atoms. The predicted molar refractivity (Wildman–Crippen MR) is 33.6 cm³/mol. The van der Waals surface area contributed by atoms with Crippen molar-refractivity contribution < 1.29 is 32.5 Å². The second-order valence-corrected chi connectivity index (χ2v) is 3.18.